The number of anilines is 2. The zero-order valence-electron chi connectivity index (χ0n) is 12.3. The molecule has 2 N–H and O–H groups in total. The standard InChI is InChI=1S/C19H15NO3/c21-16-12-10-15(11-13-16)20(14-6-2-1-3-7-14)19(23)17-8-4-5-9-18(17)22/h1-13,21-22H. The highest BCUT2D eigenvalue weighted by Gasteiger charge is 2.21. The van der Waals surface area contributed by atoms with Gasteiger partial charge in [0.15, 0.2) is 0 Å². The van der Waals surface area contributed by atoms with Crippen LogP contribution in [0.2, 0.25) is 0 Å². The van der Waals surface area contributed by atoms with E-state index in [1.807, 2.05) is 30.3 Å². The van der Waals surface area contributed by atoms with Crippen LogP contribution >= 0.6 is 0 Å². The number of hydrogen-bond acceptors (Lipinski definition) is 3. The first kappa shape index (κ1) is 14.7. The number of para-hydroxylation sites is 2. The summed E-state index contributed by atoms with van der Waals surface area (Å²) in [5.74, 6) is -0.297. The highest BCUT2D eigenvalue weighted by molar-refractivity contribution is 6.12. The number of phenols is 2. The number of nitrogens with zero attached hydrogens (tertiary/aromatic N) is 1. The van der Waals surface area contributed by atoms with E-state index in [1.165, 1.54) is 23.1 Å². The van der Waals surface area contributed by atoms with Crippen LogP contribution in [0.4, 0.5) is 11.4 Å². The molecule has 0 fully saturated rings. The molecule has 0 saturated carbocycles. The Morgan fingerprint density at radius 3 is 1.91 bits per heavy atom. The van der Waals surface area contributed by atoms with Gasteiger partial charge in [-0.25, -0.2) is 0 Å². The van der Waals surface area contributed by atoms with E-state index in [4.69, 9.17) is 0 Å². The van der Waals surface area contributed by atoms with Crippen molar-refractivity contribution >= 4 is 17.3 Å². The lowest BCUT2D eigenvalue weighted by Gasteiger charge is -2.23. The average molecular weight is 305 g/mol. The summed E-state index contributed by atoms with van der Waals surface area (Å²) in [6.45, 7) is 0. The van der Waals surface area contributed by atoms with Crippen molar-refractivity contribution in [1.82, 2.24) is 0 Å². The van der Waals surface area contributed by atoms with Crippen LogP contribution in [0.15, 0.2) is 78.9 Å². The third-order valence-electron chi connectivity index (χ3n) is 3.46. The number of amides is 1. The highest BCUT2D eigenvalue weighted by atomic mass is 16.3. The summed E-state index contributed by atoms with van der Waals surface area (Å²) >= 11 is 0. The number of rotatable bonds is 3. The number of phenolic OH excluding ortho intramolecular Hbond substituents is 2. The maximum Gasteiger partial charge on any atom is 0.266 e. The SMILES string of the molecule is O=C(c1ccccc1O)N(c1ccccc1)c1ccc(O)cc1. The summed E-state index contributed by atoms with van der Waals surface area (Å²) < 4.78 is 0. The monoisotopic (exact) mass is 305 g/mol. The van der Waals surface area contributed by atoms with Gasteiger partial charge in [-0.15, -0.1) is 0 Å². The van der Waals surface area contributed by atoms with Gasteiger partial charge in [0, 0.05) is 11.4 Å². The van der Waals surface area contributed by atoms with Crippen molar-refractivity contribution in [1.29, 1.82) is 0 Å². The first-order chi connectivity index (χ1) is 11.2. The van der Waals surface area contributed by atoms with Crippen LogP contribution < -0.4 is 4.90 Å². The fourth-order valence-electron chi connectivity index (χ4n) is 2.34. The molecule has 23 heavy (non-hydrogen) atoms. The molecule has 3 rings (SSSR count). The molecule has 0 aromatic heterocycles. The van der Waals surface area contributed by atoms with Gasteiger partial charge >= 0.3 is 0 Å². The van der Waals surface area contributed by atoms with E-state index >= 15 is 0 Å². The molecule has 0 aliphatic rings. The lowest BCUT2D eigenvalue weighted by Crippen LogP contribution is -2.25. The van der Waals surface area contributed by atoms with E-state index in [9.17, 15) is 15.0 Å². The Morgan fingerprint density at radius 1 is 0.696 bits per heavy atom. The lowest BCUT2D eigenvalue weighted by atomic mass is 10.1. The van der Waals surface area contributed by atoms with Crippen LogP contribution in [0.25, 0.3) is 0 Å². The minimum Gasteiger partial charge on any atom is -0.508 e. The number of carbonyl (C=O) groups is 1. The van der Waals surface area contributed by atoms with Crippen LogP contribution in [0.3, 0.4) is 0 Å². The van der Waals surface area contributed by atoms with Crippen molar-refractivity contribution in [2.45, 2.75) is 0 Å². The molecule has 0 bridgehead atoms. The second kappa shape index (κ2) is 6.23. The Hall–Kier alpha value is -3.27. The zero-order chi connectivity index (χ0) is 16.2. The van der Waals surface area contributed by atoms with Crippen molar-refractivity contribution in [3.63, 3.8) is 0 Å². The molecule has 0 heterocycles. The Balaban J connectivity index is 2.11. The maximum absolute atomic E-state index is 13.0. The van der Waals surface area contributed by atoms with Crippen molar-refractivity contribution < 1.29 is 15.0 Å². The first-order valence-electron chi connectivity index (χ1n) is 7.13. The van der Waals surface area contributed by atoms with E-state index in [1.54, 1.807) is 30.3 Å². The summed E-state index contributed by atoms with van der Waals surface area (Å²) in [7, 11) is 0. The molecule has 114 valence electrons. The Morgan fingerprint density at radius 2 is 1.26 bits per heavy atom. The van der Waals surface area contributed by atoms with Gasteiger partial charge in [0.1, 0.15) is 11.5 Å². The van der Waals surface area contributed by atoms with Crippen LogP contribution in [0, 0.1) is 0 Å². The molecular formula is C19H15NO3. The highest BCUT2D eigenvalue weighted by Crippen LogP contribution is 2.30. The Labute approximate surface area is 133 Å². The molecule has 4 heteroatoms. The zero-order valence-corrected chi connectivity index (χ0v) is 12.3. The van der Waals surface area contributed by atoms with Crippen LogP contribution in [0.5, 0.6) is 11.5 Å². The molecule has 0 atom stereocenters. The van der Waals surface area contributed by atoms with Gasteiger partial charge in [0.2, 0.25) is 0 Å². The van der Waals surface area contributed by atoms with Crippen molar-refractivity contribution in [3.05, 3.63) is 84.4 Å². The predicted molar refractivity (Wildman–Crippen MR) is 89.1 cm³/mol. The van der Waals surface area contributed by atoms with Crippen LogP contribution in [-0.2, 0) is 0 Å². The number of hydrogen-bond donors (Lipinski definition) is 2. The number of aromatic hydroxyl groups is 2. The Bertz CT molecular complexity index is 814. The smallest absolute Gasteiger partial charge is 0.266 e. The molecule has 0 spiro atoms. The maximum atomic E-state index is 13.0. The van der Waals surface area contributed by atoms with E-state index in [-0.39, 0.29) is 23.0 Å². The molecule has 0 unspecified atom stereocenters. The van der Waals surface area contributed by atoms with Gasteiger partial charge < -0.3 is 10.2 Å². The van der Waals surface area contributed by atoms with Crippen molar-refractivity contribution in [2.24, 2.45) is 0 Å². The third kappa shape index (κ3) is 3.01. The van der Waals surface area contributed by atoms with Crippen LogP contribution in [0.1, 0.15) is 10.4 Å². The topological polar surface area (TPSA) is 60.8 Å². The predicted octanol–water partition coefficient (Wildman–Crippen LogP) is 4.08. The van der Waals surface area contributed by atoms with E-state index < -0.39 is 0 Å². The molecule has 0 aliphatic carbocycles. The normalized spacial score (nSPS) is 10.3. The molecule has 4 nitrogen and oxygen atoms in total. The molecule has 3 aromatic carbocycles. The largest absolute Gasteiger partial charge is 0.508 e. The van der Waals surface area contributed by atoms with E-state index in [2.05, 4.69) is 0 Å². The van der Waals surface area contributed by atoms with Gasteiger partial charge in [-0.1, -0.05) is 30.3 Å². The molecule has 0 saturated heterocycles. The van der Waals surface area contributed by atoms with Gasteiger partial charge in [-0.2, -0.15) is 0 Å². The fourth-order valence-corrected chi connectivity index (χ4v) is 2.34. The molecule has 1 amide bonds. The fraction of sp³-hybridized carbons (Fsp3) is 0. The summed E-state index contributed by atoms with van der Waals surface area (Å²) in [4.78, 5) is 14.4. The quantitative estimate of drug-likeness (QED) is 0.766. The minimum atomic E-state index is -0.347. The van der Waals surface area contributed by atoms with Crippen LogP contribution in [-0.4, -0.2) is 16.1 Å². The minimum absolute atomic E-state index is 0.0720. The lowest BCUT2D eigenvalue weighted by molar-refractivity contribution is 0.0996. The molecule has 3 aromatic rings. The molecule has 0 radical (unpaired) electrons. The van der Waals surface area contributed by atoms with Gasteiger partial charge in [0.25, 0.3) is 5.91 Å². The van der Waals surface area contributed by atoms with Crippen molar-refractivity contribution in [3.8, 4) is 11.5 Å². The summed E-state index contributed by atoms with van der Waals surface area (Å²) in [6.07, 6.45) is 0. The third-order valence-corrected chi connectivity index (χ3v) is 3.46. The Kier molecular flexibility index (Phi) is 3.97. The van der Waals surface area contributed by atoms with Gasteiger partial charge in [-0.3, -0.25) is 9.69 Å². The van der Waals surface area contributed by atoms with E-state index in [0.717, 1.165) is 0 Å². The first-order valence-corrected chi connectivity index (χ1v) is 7.13. The van der Waals surface area contributed by atoms with E-state index in [0.29, 0.717) is 11.4 Å². The second-order valence-corrected chi connectivity index (χ2v) is 5.01. The second-order valence-electron chi connectivity index (χ2n) is 5.01. The summed E-state index contributed by atoms with van der Waals surface area (Å²) in [5, 5.41) is 19.4. The average Bonchev–Trinajstić information content (AvgIpc) is 2.58. The molecule has 0 aliphatic heterocycles. The summed E-state index contributed by atoms with van der Waals surface area (Å²) in [5.41, 5.74) is 1.48. The molecular weight excluding hydrogens is 290 g/mol. The van der Waals surface area contributed by atoms with Gasteiger partial charge in [-0.05, 0) is 48.5 Å². The number of benzene rings is 3. The summed E-state index contributed by atoms with van der Waals surface area (Å²) in [6, 6.07) is 21.9. The number of carbonyl (C=O) groups excluding carboxylic acids is 1. The van der Waals surface area contributed by atoms with Crippen molar-refractivity contribution in [2.75, 3.05) is 4.90 Å². The van der Waals surface area contributed by atoms with Gasteiger partial charge in [0.05, 0.1) is 5.56 Å².